The van der Waals surface area contributed by atoms with Crippen LogP contribution in [0, 0.1) is 11.8 Å². The van der Waals surface area contributed by atoms with Gasteiger partial charge in [-0.1, -0.05) is 39.0 Å². The molecular formula is C18H32O4. The molecular weight excluding hydrogens is 280 g/mol. The highest BCUT2D eigenvalue weighted by atomic mass is 16.6. The number of aliphatic carboxylic acids is 1. The monoisotopic (exact) mass is 312 g/mol. The summed E-state index contributed by atoms with van der Waals surface area (Å²) in [7, 11) is 0. The van der Waals surface area contributed by atoms with Crippen LogP contribution in [0.5, 0.6) is 0 Å². The summed E-state index contributed by atoms with van der Waals surface area (Å²) < 4.78 is 5.68. The minimum Gasteiger partial charge on any atom is -0.481 e. The zero-order valence-electron chi connectivity index (χ0n) is 14.4. The lowest BCUT2D eigenvalue weighted by Crippen LogP contribution is -2.34. The van der Waals surface area contributed by atoms with E-state index in [1.54, 1.807) is 0 Å². The summed E-state index contributed by atoms with van der Waals surface area (Å²) in [5, 5.41) is 9.11. The highest BCUT2D eigenvalue weighted by molar-refractivity contribution is 5.75. The Hall–Kier alpha value is -1.06. The van der Waals surface area contributed by atoms with E-state index in [-0.39, 0.29) is 17.8 Å². The molecule has 1 aliphatic carbocycles. The van der Waals surface area contributed by atoms with Gasteiger partial charge in [0.15, 0.2) is 0 Å². The van der Waals surface area contributed by atoms with Crippen molar-refractivity contribution < 1.29 is 19.4 Å². The Balaban J connectivity index is 2.36. The van der Waals surface area contributed by atoms with Gasteiger partial charge in [0.1, 0.15) is 5.60 Å². The zero-order valence-corrected chi connectivity index (χ0v) is 14.4. The van der Waals surface area contributed by atoms with Gasteiger partial charge in [0, 0.05) is 0 Å². The van der Waals surface area contributed by atoms with Crippen molar-refractivity contribution in [1.82, 2.24) is 0 Å². The molecule has 2 atom stereocenters. The summed E-state index contributed by atoms with van der Waals surface area (Å²) in [6.45, 7) is 6.12. The van der Waals surface area contributed by atoms with Crippen LogP contribution >= 0.6 is 0 Å². The Labute approximate surface area is 134 Å². The molecule has 0 saturated heterocycles. The lowest BCUT2D eigenvalue weighted by molar-refractivity contribution is -0.164. The molecule has 1 rings (SSSR count). The first-order chi connectivity index (χ1) is 10.4. The second kappa shape index (κ2) is 9.16. The predicted octanol–water partition coefficient (Wildman–Crippen LogP) is 4.56. The number of carboxylic acid groups (broad SMARTS) is 1. The summed E-state index contributed by atoms with van der Waals surface area (Å²) in [6.07, 6.45) is 9.52. The lowest BCUT2D eigenvalue weighted by Gasteiger charge is -2.30. The van der Waals surface area contributed by atoms with Gasteiger partial charge in [-0.05, 0) is 46.0 Å². The van der Waals surface area contributed by atoms with E-state index in [1.165, 1.54) is 25.7 Å². The van der Waals surface area contributed by atoms with Crippen LogP contribution < -0.4 is 0 Å². The van der Waals surface area contributed by atoms with Gasteiger partial charge in [0.25, 0.3) is 0 Å². The van der Waals surface area contributed by atoms with Crippen molar-refractivity contribution in [2.75, 3.05) is 0 Å². The molecule has 1 aliphatic rings. The Bertz CT molecular complexity index is 362. The van der Waals surface area contributed by atoms with Gasteiger partial charge in [-0.2, -0.15) is 0 Å². The number of hydrogen-bond donors (Lipinski definition) is 1. The van der Waals surface area contributed by atoms with Crippen molar-refractivity contribution in [3.63, 3.8) is 0 Å². The van der Waals surface area contributed by atoms with Crippen LogP contribution in [-0.4, -0.2) is 22.6 Å². The topological polar surface area (TPSA) is 63.6 Å². The minimum absolute atomic E-state index is 0.204. The molecule has 0 aromatic carbocycles. The van der Waals surface area contributed by atoms with Gasteiger partial charge in [0.2, 0.25) is 0 Å². The fourth-order valence-corrected chi connectivity index (χ4v) is 3.19. The number of carbonyl (C=O) groups excluding carboxylic acids is 1. The first kappa shape index (κ1) is 19.0. The molecule has 0 aliphatic heterocycles. The third-order valence-electron chi connectivity index (χ3n) is 4.62. The zero-order chi connectivity index (χ0) is 16.6. The molecule has 0 radical (unpaired) electrons. The first-order valence-electron chi connectivity index (χ1n) is 8.81. The number of unbranched alkanes of at least 4 members (excludes halogenated alkanes) is 4. The van der Waals surface area contributed by atoms with E-state index in [0.717, 1.165) is 25.7 Å². The van der Waals surface area contributed by atoms with Gasteiger partial charge in [-0.3, -0.25) is 9.59 Å². The number of carboxylic acids is 1. The molecule has 2 unspecified atom stereocenters. The highest BCUT2D eigenvalue weighted by Gasteiger charge is 2.34. The maximum Gasteiger partial charge on any atom is 0.309 e. The molecule has 0 amide bonds. The Morgan fingerprint density at radius 1 is 1.09 bits per heavy atom. The molecule has 22 heavy (non-hydrogen) atoms. The van der Waals surface area contributed by atoms with Crippen LogP contribution in [0.4, 0.5) is 0 Å². The fourth-order valence-electron chi connectivity index (χ4n) is 3.19. The van der Waals surface area contributed by atoms with Crippen molar-refractivity contribution in [3.05, 3.63) is 0 Å². The Kier molecular flexibility index (Phi) is 7.91. The average molecular weight is 312 g/mol. The van der Waals surface area contributed by atoms with Crippen LogP contribution in [0.2, 0.25) is 0 Å². The number of rotatable bonds is 9. The normalized spacial score (nSPS) is 22.3. The molecule has 0 aromatic heterocycles. The summed E-state index contributed by atoms with van der Waals surface area (Å²) in [5.41, 5.74) is -0.445. The Morgan fingerprint density at radius 2 is 1.73 bits per heavy atom. The van der Waals surface area contributed by atoms with E-state index in [4.69, 9.17) is 9.84 Å². The molecule has 4 heteroatoms. The standard InChI is InChI=1S/C18H32O4/c1-4-5-6-7-8-12-18(2,3)22-17(21)15-11-9-10-14(13-15)16(19)20/h14-15H,4-13H2,1-3H3,(H,19,20). The molecule has 128 valence electrons. The summed E-state index contributed by atoms with van der Waals surface area (Å²) in [5.74, 6) is -1.62. The van der Waals surface area contributed by atoms with Crippen molar-refractivity contribution in [2.24, 2.45) is 11.8 Å². The predicted molar refractivity (Wildman–Crippen MR) is 86.6 cm³/mol. The van der Waals surface area contributed by atoms with E-state index in [0.29, 0.717) is 12.8 Å². The first-order valence-corrected chi connectivity index (χ1v) is 8.81. The third-order valence-corrected chi connectivity index (χ3v) is 4.62. The number of carbonyl (C=O) groups is 2. The second-order valence-corrected chi connectivity index (χ2v) is 7.24. The Morgan fingerprint density at radius 3 is 2.36 bits per heavy atom. The minimum atomic E-state index is -0.785. The molecule has 0 spiro atoms. The van der Waals surface area contributed by atoms with E-state index in [2.05, 4.69) is 6.92 Å². The summed E-state index contributed by atoms with van der Waals surface area (Å²) in [4.78, 5) is 23.4. The molecule has 1 fully saturated rings. The molecule has 0 aromatic rings. The van der Waals surface area contributed by atoms with Crippen molar-refractivity contribution in [1.29, 1.82) is 0 Å². The smallest absolute Gasteiger partial charge is 0.309 e. The third kappa shape index (κ3) is 6.80. The average Bonchev–Trinajstić information content (AvgIpc) is 2.46. The molecule has 1 saturated carbocycles. The summed E-state index contributed by atoms with van der Waals surface area (Å²) >= 11 is 0. The number of hydrogen-bond acceptors (Lipinski definition) is 3. The fraction of sp³-hybridized carbons (Fsp3) is 0.889. The largest absolute Gasteiger partial charge is 0.481 e. The van der Waals surface area contributed by atoms with Crippen LogP contribution in [-0.2, 0) is 14.3 Å². The van der Waals surface area contributed by atoms with Gasteiger partial charge in [-0.15, -0.1) is 0 Å². The van der Waals surface area contributed by atoms with Crippen molar-refractivity contribution in [2.45, 2.75) is 90.6 Å². The lowest BCUT2D eigenvalue weighted by atomic mass is 9.81. The highest BCUT2D eigenvalue weighted by Crippen LogP contribution is 2.32. The maximum atomic E-state index is 12.3. The van der Waals surface area contributed by atoms with Crippen LogP contribution in [0.1, 0.15) is 85.0 Å². The van der Waals surface area contributed by atoms with Gasteiger partial charge < -0.3 is 9.84 Å². The van der Waals surface area contributed by atoms with Crippen LogP contribution in [0.25, 0.3) is 0 Å². The quantitative estimate of drug-likeness (QED) is 0.501. The number of ether oxygens (including phenoxy) is 1. The molecule has 0 heterocycles. The summed E-state index contributed by atoms with van der Waals surface area (Å²) in [6, 6.07) is 0. The van der Waals surface area contributed by atoms with E-state index in [1.807, 2.05) is 13.8 Å². The molecule has 0 bridgehead atoms. The SMILES string of the molecule is CCCCCCCC(C)(C)OC(=O)C1CCCC(C(=O)O)C1. The van der Waals surface area contributed by atoms with Crippen molar-refractivity contribution >= 4 is 11.9 Å². The van der Waals surface area contributed by atoms with Crippen molar-refractivity contribution in [3.8, 4) is 0 Å². The van der Waals surface area contributed by atoms with Gasteiger partial charge in [-0.25, -0.2) is 0 Å². The van der Waals surface area contributed by atoms with Gasteiger partial charge in [0.05, 0.1) is 11.8 Å². The van der Waals surface area contributed by atoms with Crippen LogP contribution in [0.15, 0.2) is 0 Å². The molecule has 4 nitrogen and oxygen atoms in total. The molecule has 1 N–H and O–H groups in total. The second-order valence-electron chi connectivity index (χ2n) is 7.24. The number of esters is 1. The van der Waals surface area contributed by atoms with E-state index in [9.17, 15) is 9.59 Å². The van der Waals surface area contributed by atoms with Gasteiger partial charge >= 0.3 is 11.9 Å². The van der Waals surface area contributed by atoms with E-state index >= 15 is 0 Å². The van der Waals surface area contributed by atoms with E-state index < -0.39 is 11.6 Å². The maximum absolute atomic E-state index is 12.3. The van der Waals surface area contributed by atoms with Crippen LogP contribution in [0.3, 0.4) is 0 Å².